The number of rotatable bonds is 5. The molecule has 5 heterocycles. The minimum Gasteiger partial charge on any atom is -0.494 e. The molecule has 1 fully saturated rings. The maximum atomic E-state index is 15.6. The first kappa shape index (κ1) is 26.8. The summed E-state index contributed by atoms with van der Waals surface area (Å²) in [6.07, 6.45) is -1.44. The van der Waals surface area contributed by atoms with Crippen molar-refractivity contribution in [1.82, 2.24) is 20.4 Å². The Morgan fingerprint density at radius 1 is 1.00 bits per heavy atom. The van der Waals surface area contributed by atoms with Crippen LogP contribution in [0.15, 0.2) is 52.9 Å². The van der Waals surface area contributed by atoms with Gasteiger partial charge in [-0.05, 0) is 35.4 Å². The van der Waals surface area contributed by atoms with Crippen molar-refractivity contribution in [3.8, 4) is 5.75 Å². The van der Waals surface area contributed by atoms with Gasteiger partial charge in [0.05, 0.1) is 30.3 Å². The van der Waals surface area contributed by atoms with Crippen LogP contribution in [0.25, 0.3) is 11.0 Å². The first-order valence-electron chi connectivity index (χ1n) is 13.8. The highest BCUT2D eigenvalue weighted by atomic mass is 19.1. The number of fused-ring (bicyclic) bond motifs is 4. The molecule has 0 aliphatic carbocycles. The number of urea groups is 1. The van der Waals surface area contributed by atoms with Crippen molar-refractivity contribution >= 4 is 40.7 Å². The third-order valence-electron chi connectivity index (χ3n) is 8.64. The van der Waals surface area contributed by atoms with Crippen LogP contribution in [0.5, 0.6) is 5.75 Å². The quantitative estimate of drug-likeness (QED) is 0.257. The van der Waals surface area contributed by atoms with Crippen LogP contribution in [0.2, 0.25) is 0 Å². The van der Waals surface area contributed by atoms with Gasteiger partial charge in [-0.1, -0.05) is 24.3 Å². The second kappa shape index (κ2) is 9.11. The van der Waals surface area contributed by atoms with E-state index in [9.17, 15) is 24.0 Å². The molecule has 12 nitrogen and oxygen atoms in total. The van der Waals surface area contributed by atoms with Crippen molar-refractivity contribution in [1.29, 1.82) is 0 Å². The van der Waals surface area contributed by atoms with E-state index in [0.717, 1.165) is 4.90 Å². The van der Waals surface area contributed by atoms with Crippen LogP contribution < -0.4 is 15.4 Å². The number of esters is 1. The molecule has 4 aliphatic heterocycles. The Kier molecular flexibility index (Phi) is 5.43. The number of hydrogen-bond acceptors (Lipinski definition) is 8. The van der Waals surface area contributed by atoms with E-state index in [0.29, 0.717) is 16.0 Å². The summed E-state index contributed by atoms with van der Waals surface area (Å²) in [5.41, 5.74) is -1.85. The van der Waals surface area contributed by atoms with E-state index in [1.54, 1.807) is 12.1 Å². The smallest absolute Gasteiger partial charge is 0.340 e. The van der Waals surface area contributed by atoms with E-state index in [-0.39, 0.29) is 57.8 Å². The zero-order valence-electron chi connectivity index (χ0n) is 23.2. The molecule has 8 rings (SSSR count). The second-order valence-corrected chi connectivity index (χ2v) is 11.1. The van der Waals surface area contributed by atoms with Gasteiger partial charge in [0, 0.05) is 24.0 Å². The average molecular weight is 615 g/mol. The normalized spacial score (nSPS) is 21.7. The number of cyclic esters (lactones) is 1. The van der Waals surface area contributed by atoms with Gasteiger partial charge < -0.3 is 29.4 Å². The Morgan fingerprint density at radius 2 is 1.80 bits per heavy atom. The van der Waals surface area contributed by atoms with E-state index in [4.69, 9.17) is 13.9 Å². The van der Waals surface area contributed by atoms with Gasteiger partial charge in [0.25, 0.3) is 17.7 Å². The van der Waals surface area contributed by atoms with E-state index in [1.807, 2.05) is 0 Å². The summed E-state index contributed by atoms with van der Waals surface area (Å²) in [7, 11) is 1.26. The summed E-state index contributed by atoms with van der Waals surface area (Å²) in [5, 5.41) is 5.34. The molecule has 14 heteroatoms. The van der Waals surface area contributed by atoms with Crippen molar-refractivity contribution in [2.75, 3.05) is 13.7 Å². The molecule has 0 saturated carbocycles. The van der Waals surface area contributed by atoms with Crippen LogP contribution in [0, 0.1) is 11.6 Å². The number of furan rings is 1. The zero-order chi connectivity index (χ0) is 31.4. The molecule has 4 aliphatic rings. The molecule has 5 amide bonds. The first-order chi connectivity index (χ1) is 21.6. The Hall–Kier alpha value is -5.79. The molecule has 0 bridgehead atoms. The predicted molar refractivity (Wildman–Crippen MR) is 147 cm³/mol. The lowest BCUT2D eigenvalue weighted by Crippen LogP contribution is -2.52. The zero-order valence-corrected chi connectivity index (χ0v) is 23.2. The Morgan fingerprint density at radius 3 is 2.60 bits per heavy atom. The lowest BCUT2D eigenvalue weighted by molar-refractivity contribution is -0.139. The maximum Gasteiger partial charge on any atom is 0.340 e. The summed E-state index contributed by atoms with van der Waals surface area (Å²) in [4.78, 5) is 68.4. The number of nitrogens with one attached hydrogen (secondary N) is 2. The summed E-state index contributed by atoms with van der Waals surface area (Å²) in [5.74, 6) is -5.36. The fourth-order valence-corrected chi connectivity index (χ4v) is 6.50. The van der Waals surface area contributed by atoms with Gasteiger partial charge in [-0.3, -0.25) is 14.4 Å². The van der Waals surface area contributed by atoms with Gasteiger partial charge in [-0.25, -0.2) is 23.3 Å². The topological polar surface area (TPSA) is 147 Å². The molecule has 4 aromatic rings. The number of imide groups is 1. The van der Waals surface area contributed by atoms with Gasteiger partial charge in [0.2, 0.25) is 6.23 Å². The third-order valence-corrected chi connectivity index (χ3v) is 8.64. The average Bonchev–Trinajstić information content (AvgIpc) is 3.81. The third kappa shape index (κ3) is 3.53. The molecule has 1 saturated heterocycles. The standard InChI is InChI=1S/C31H20F2N4O8/c1-43-18-7-6-13-11-36(26(39)21(13)22(18)32)12-31(19-9-14-8-15-10-34-25(38)20(15)23(33)24(14)44-19)29(41)37(30(42)35-31)27-16-4-2-3-5-17(16)28(40)45-27/h2-9,27H,10-12H2,1H3,(H,34,38)(H,35,42)/t27?,31-/m0/s1. The number of ether oxygens (including phenoxy) is 2. The molecule has 2 N–H and O–H groups in total. The summed E-state index contributed by atoms with van der Waals surface area (Å²) >= 11 is 0. The van der Waals surface area contributed by atoms with Crippen molar-refractivity contribution in [2.45, 2.75) is 24.9 Å². The van der Waals surface area contributed by atoms with E-state index >= 15 is 8.78 Å². The summed E-state index contributed by atoms with van der Waals surface area (Å²) in [6.45, 7) is -0.615. The highest BCUT2D eigenvalue weighted by Gasteiger charge is 2.60. The fourth-order valence-electron chi connectivity index (χ4n) is 6.50. The number of amides is 5. The lowest BCUT2D eigenvalue weighted by atomic mass is 9.94. The highest BCUT2D eigenvalue weighted by molar-refractivity contribution is 6.10. The minimum absolute atomic E-state index is 0.0815. The fraction of sp³-hybridized carbons (Fsp3) is 0.194. The summed E-state index contributed by atoms with van der Waals surface area (Å²) < 4.78 is 47.1. The summed E-state index contributed by atoms with van der Waals surface area (Å²) in [6, 6.07) is 11.0. The van der Waals surface area contributed by atoms with Crippen LogP contribution in [-0.4, -0.2) is 53.2 Å². The number of methoxy groups -OCH3 is 1. The van der Waals surface area contributed by atoms with Crippen LogP contribution in [0.3, 0.4) is 0 Å². The largest absolute Gasteiger partial charge is 0.494 e. The number of benzene rings is 3. The van der Waals surface area contributed by atoms with Gasteiger partial charge in [-0.15, -0.1) is 0 Å². The van der Waals surface area contributed by atoms with E-state index in [1.165, 1.54) is 43.5 Å². The number of carbonyl (C=O) groups is 5. The molecule has 1 unspecified atom stereocenters. The predicted octanol–water partition coefficient (Wildman–Crippen LogP) is 3.24. The Labute approximate surface area is 251 Å². The number of nitrogens with zero attached hydrogens (tertiary/aromatic N) is 2. The molecule has 45 heavy (non-hydrogen) atoms. The second-order valence-electron chi connectivity index (χ2n) is 11.1. The van der Waals surface area contributed by atoms with Crippen molar-refractivity contribution in [3.05, 3.63) is 99.3 Å². The maximum absolute atomic E-state index is 15.6. The molecule has 0 radical (unpaired) electrons. The molecular weight excluding hydrogens is 594 g/mol. The molecular formula is C31H20F2N4O8. The van der Waals surface area contributed by atoms with Crippen LogP contribution in [0.1, 0.15) is 59.8 Å². The van der Waals surface area contributed by atoms with Crippen LogP contribution >= 0.6 is 0 Å². The lowest BCUT2D eigenvalue weighted by Gasteiger charge is -2.30. The number of halogens is 2. The Bertz CT molecular complexity index is 2080. The van der Waals surface area contributed by atoms with Crippen molar-refractivity contribution in [3.63, 3.8) is 0 Å². The highest BCUT2D eigenvalue weighted by Crippen LogP contribution is 2.43. The van der Waals surface area contributed by atoms with Crippen molar-refractivity contribution < 1.29 is 46.6 Å². The molecule has 226 valence electrons. The molecule has 1 aromatic heterocycles. The number of carbonyl (C=O) groups excluding carboxylic acids is 5. The molecule has 0 spiro atoms. The van der Waals surface area contributed by atoms with Gasteiger partial charge in [0.1, 0.15) is 5.76 Å². The van der Waals surface area contributed by atoms with Crippen molar-refractivity contribution in [2.24, 2.45) is 0 Å². The molecule has 3 aromatic carbocycles. The minimum atomic E-state index is -2.17. The first-order valence-corrected chi connectivity index (χ1v) is 13.8. The Balaban J connectivity index is 1.26. The number of hydrogen-bond donors (Lipinski definition) is 2. The van der Waals surface area contributed by atoms with Gasteiger partial charge >= 0.3 is 12.0 Å². The van der Waals surface area contributed by atoms with Gasteiger partial charge in [-0.2, -0.15) is 0 Å². The van der Waals surface area contributed by atoms with E-state index < -0.39 is 59.7 Å². The molecule has 2 atom stereocenters. The van der Waals surface area contributed by atoms with Crippen LogP contribution in [-0.2, 0) is 28.2 Å². The van der Waals surface area contributed by atoms with Crippen LogP contribution in [0.4, 0.5) is 13.6 Å². The SMILES string of the molecule is COc1ccc2c(c1F)C(=O)N(C[C@@]1(c3cc4cc5c(c(F)c4o3)C(=O)NC5)NC(=O)N(C3OC(=O)c4ccccc43)C1=O)C2. The van der Waals surface area contributed by atoms with E-state index in [2.05, 4.69) is 10.6 Å². The monoisotopic (exact) mass is 614 g/mol. The van der Waals surface area contributed by atoms with Gasteiger partial charge in [0.15, 0.2) is 28.5 Å².